The van der Waals surface area contributed by atoms with E-state index in [0.717, 1.165) is 12.8 Å². The Hall–Kier alpha value is 0.540. The van der Waals surface area contributed by atoms with Gasteiger partial charge in [-0.3, -0.25) is 0 Å². The van der Waals surface area contributed by atoms with Crippen molar-refractivity contribution in [3.8, 4) is 0 Å². The van der Waals surface area contributed by atoms with Crippen LogP contribution in [0.5, 0.6) is 0 Å². The molecule has 2 N–H and O–H groups in total. The largest absolute Gasteiger partial charge is 0.330 e. The van der Waals surface area contributed by atoms with E-state index < -0.39 is 4.33 Å². The summed E-state index contributed by atoms with van der Waals surface area (Å²) in [5.74, 6) is 0. The van der Waals surface area contributed by atoms with Gasteiger partial charge in [-0.15, -0.1) is 23.2 Å². The first-order valence-corrected chi connectivity index (χ1v) is 3.85. The third-order valence-corrected chi connectivity index (χ3v) is 3.25. The summed E-state index contributed by atoms with van der Waals surface area (Å²) in [6.07, 6.45) is 1.82. The summed E-state index contributed by atoms with van der Waals surface area (Å²) in [5, 5.41) is 0. The maximum Gasteiger partial charge on any atom is 0.124 e. The van der Waals surface area contributed by atoms with Gasteiger partial charge in [-0.2, -0.15) is 0 Å². The molecule has 9 heavy (non-hydrogen) atoms. The number of hydrogen-bond donors (Lipinski definition) is 1. The molecule has 0 radical (unpaired) electrons. The minimum absolute atomic E-state index is 0.102. The topological polar surface area (TPSA) is 26.0 Å². The molecule has 54 valence electrons. The number of nitrogens with two attached hydrogens (primary N) is 1. The van der Waals surface area contributed by atoms with Gasteiger partial charge in [0.15, 0.2) is 0 Å². The van der Waals surface area contributed by atoms with Crippen LogP contribution in [0.2, 0.25) is 0 Å². The van der Waals surface area contributed by atoms with E-state index >= 15 is 0 Å². The van der Waals surface area contributed by atoms with E-state index in [0.29, 0.717) is 6.54 Å². The maximum absolute atomic E-state index is 5.84. The highest BCUT2D eigenvalue weighted by Gasteiger charge is 2.61. The monoisotopic (exact) mass is 167 g/mol. The molecular weight excluding hydrogens is 157 g/mol. The smallest absolute Gasteiger partial charge is 0.124 e. The highest BCUT2D eigenvalue weighted by Crippen LogP contribution is 2.65. The highest BCUT2D eigenvalue weighted by molar-refractivity contribution is 6.51. The normalized spacial score (nSPS) is 38.7. The standard InChI is InChI=1S/C6H11Cl2N/c1-5(2-3-9)4-6(5,7)8/h2-4,9H2,1H3. The van der Waals surface area contributed by atoms with Crippen molar-refractivity contribution in [1.82, 2.24) is 0 Å². The summed E-state index contributed by atoms with van der Waals surface area (Å²) in [6.45, 7) is 2.75. The molecule has 1 rings (SSSR count). The lowest BCUT2D eigenvalue weighted by Gasteiger charge is -2.08. The molecule has 1 fully saturated rings. The van der Waals surface area contributed by atoms with Gasteiger partial charge in [0.1, 0.15) is 4.33 Å². The fourth-order valence-electron chi connectivity index (χ4n) is 1.04. The molecule has 0 aliphatic heterocycles. The van der Waals surface area contributed by atoms with E-state index in [-0.39, 0.29) is 5.41 Å². The van der Waals surface area contributed by atoms with Gasteiger partial charge in [-0.05, 0) is 19.4 Å². The molecule has 0 aromatic heterocycles. The van der Waals surface area contributed by atoms with Crippen LogP contribution in [0.25, 0.3) is 0 Å². The summed E-state index contributed by atoms with van der Waals surface area (Å²) < 4.78 is -0.480. The maximum atomic E-state index is 5.84. The van der Waals surface area contributed by atoms with Crippen molar-refractivity contribution in [2.45, 2.75) is 24.1 Å². The van der Waals surface area contributed by atoms with Crippen LogP contribution in [-0.2, 0) is 0 Å². The molecule has 1 nitrogen and oxygen atoms in total. The zero-order valence-corrected chi connectivity index (χ0v) is 6.97. The predicted octanol–water partition coefficient (Wildman–Crippen LogP) is 1.92. The molecule has 0 aromatic rings. The van der Waals surface area contributed by atoms with Crippen LogP contribution < -0.4 is 5.73 Å². The van der Waals surface area contributed by atoms with Gasteiger partial charge in [0.2, 0.25) is 0 Å². The van der Waals surface area contributed by atoms with Gasteiger partial charge < -0.3 is 5.73 Å². The van der Waals surface area contributed by atoms with Crippen molar-refractivity contribution >= 4 is 23.2 Å². The molecule has 1 saturated carbocycles. The Balaban J connectivity index is 2.42. The van der Waals surface area contributed by atoms with Gasteiger partial charge in [-0.25, -0.2) is 0 Å². The molecule has 0 heterocycles. The van der Waals surface area contributed by atoms with E-state index in [9.17, 15) is 0 Å². The lowest BCUT2D eigenvalue weighted by atomic mass is 10.1. The van der Waals surface area contributed by atoms with Crippen LogP contribution in [0.3, 0.4) is 0 Å². The van der Waals surface area contributed by atoms with Crippen molar-refractivity contribution in [2.24, 2.45) is 11.1 Å². The second kappa shape index (κ2) is 2.01. The van der Waals surface area contributed by atoms with Crippen LogP contribution in [0.4, 0.5) is 0 Å². The lowest BCUT2D eigenvalue weighted by molar-refractivity contribution is 0.519. The van der Waals surface area contributed by atoms with Crippen molar-refractivity contribution in [1.29, 1.82) is 0 Å². The third-order valence-electron chi connectivity index (χ3n) is 2.07. The molecular formula is C6H11Cl2N. The van der Waals surface area contributed by atoms with Crippen LogP contribution in [0, 0.1) is 5.41 Å². The predicted molar refractivity (Wildman–Crippen MR) is 40.8 cm³/mol. The number of rotatable bonds is 2. The summed E-state index contributed by atoms with van der Waals surface area (Å²) in [7, 11) is 0. The molecule has 0 saturated heterocycles. The Morgan fingerprint density at radius 3 is 2.11 bits per heavy atom. The lowest BCUT2D eigenvalue weighted by Crippen LogP contribution is -2.11. The molecule has 1 atom stereocenters. The average Bonchev–Trinajstić information content (AvgIpc) is 2.07. The molecule has 3 heteroatoms. The highest BCUT2D eigenvalue weighted by atomic mass is 35.5. The van der Waals surface area contributed by atoms with Crippen LogP contribution >= 0.6 is 23.2 Å². The van der Waals surface area contributed by atoms with Crippen molar-refractivity contribution in [3.63, 3.8) is 0 Å². The van der Waals surface area contributed by atoms with E-state index in [2.05, 4.69) is 6.92 Å². The Morgan fingerprint density at radius 2 is 2.00 bits per heavy atom. The zero-order chi connectivity index (χ0) is 7.12. The second-order valence-electron chi connectivity index (χ2n) is 2.98. The zero-order valence-electron chi connectivity index (χ0n) is 5.45. The summed E-state index contributed by atoms with van der Waals surface area (Å²) in [4.78, 5) is 0. The molecule has 0 spiro atoms. The summed E-state index contributed by atoms with van der Waals surface area (Å²) in [6, 6.07) is 0. The van der Waals surface area contributed by atoms with E-state index in [1.807, 2.05) is 0 Å². The van der Waals surface area contributed by atoms with Crippen molar-refractivity contribution in [2.75, 3.05) is 6.54 Å². The van der Waals surface area contributed by atoms with E-state index in [1.54, 1.807) is 0 Å². The Labute approximate surface area is 65.5 Å². The van der Waals surface area contributed by atoms with Crippen LogP contribution in [-0.4, -0.2) is 10.9 Å². The fourth-order valence-corrected chi connectivity index (χ4v) is 1.81. The quantitative estimate of drug-likeness (QED) is 0.626. The summed E-state index contributed by atoms with van der Waals surface area (Å²) >= 11 is 11.7. The van der Waals surface area contributed by atoms with Gasteiger partial charge in [-0.1, -0.05) is 6.92 Å². The molecule has 0 amide bonds. The minimum Gasteiger partial charge on any atom is -0.330 e. The first-order valence-electron chi connectivity index (χ1n) is 3.10. The van der Waals surface area contributed by atoms with Gasteiger partial charge in [0.25, 0.3) is 0 Å². The second-order valence-corrected chi connectivity index (χ2v) is 4.46. The Morgan fingerprint density at radius 1 is 1.56 bits per heavy atom. The Bertz CT molecular complexity index is 124. The van der Waals surface area contributed by atoms with Gasteiger partial charge >= 0.3 is 0 Å². The van der Waals surface area contributed by atoms with Gasteiger partial charge in [0, 0.05) is 5.41 Å². The summed E-state index contributed by atoms with van der Waals surface area (Å²) in [5.41, 5.74) is 5.46. The minimum atomic E-state index is -0.480. The average molecular weight is 168 g/mol. The first-order chi connectivity index (χ1) is 4.02. The SMILES string of the molecule is CC1(CCN)CC1(Cl)Cl. The third kappa shape index (κ3) is 1.19. The molecule has 1 aliphatic carbocycles. The number of alkyl halides is 2. The van der Waals surface area contributed by atoms with E-state index in [4.69, 9.17) is 28.9 Å². The van der Waals surface area contributed by atoms with Crippen LogP contribution in [0.15, 0.2) is 0 Å². The first kappa shape index (κ1) is 7.64. The number of hydrogen-bond acceptors (Lipinski definition) is 1. The van der Waals surface area contributed by atoms with Crippen LogP contribution in [0.1, 0.15) is 19.8 Å². The van der Waals surface area contributed by atoms with Crippen molar-refractivity contribution in [3.05, 3.63) is 0 Å². The van der Waals surface area contributed by atoms with E-state index in [1.165, 1.54) is 0 Å². The van der Waals surface area contributed by atoms with Gasteiger partial charge in [0.05, 0.1) is 0 Å². The van der Waals surface area contributed by atoms with Crippen molar-refractivity contribution < 1.29 is 0 Å². The molecule has 1 unspecified atom stereocenters. The molecule has 0 bridgehead atoms. The fraction of sp³-hybridized carbons (Fsp3) is 1.00. The number of halogens is 2. The molecule has 0 aromatic carbocycles. The molecule has 1 aliphatic rings. The Kier molecular flexibility index (Phi) is 1.71.